The molecule has 94 valence electrons. The molecule has 0 saturated heterocycles. The van der Waals surface area contributed by atoms with E-state index in [9.17, 15) is 9.90 Å². The van der Waals surface area contributed by atoms with Gasteiger partial charge in [-0.25, -0.2) is 4.79 Å². The quantitative estimate of drug-likeness (QED) is 0.809. The Morgan fingerprint density at radius 3 is 2.29 bits per heavy atom. The Balaban J connectivity index is 3.46. The van der Waals surface area contributed by atoms with Gasteiger partial charge in [-0.15, -0.1) is 0 Å². The van der Waals surface area contributed by atoms with Crippen LogP contribution < -0.4 is 9.47 Å². The van der Waals surface area contributed by atoms with Gasteiger partial charge in [0.2, 0.25) is 0 Å². The van der Waals surface area contributed by atoms with Gasteiger partial charge >= 0.3 is 5.97 Å². The summed E-state index contributed by atoms with van der Waals surface area (Å²) in [6.45, 7) is 1.55. The van der Waals surface area contributed by atoms with E-state index in [1.807, 2.05) is 0 Å². The van der Waals surface area contributed by atoms with Gasteiger partial charge in [-0.2, -0.15) is 0 Å². The van der Waals surface area contributed by atoms with Gasteiger partial charge in [0.1, 0.15) is 11.5 Å². The average molecular weight is 240 g/mol. The highest BCUT2D eigenvalue weighted by atomic mass is 16.5. The van der Waals surface area contributed by atoms with Crippen molar-refractivity contribution in [1.29, 1.82) is 0 Å². The summed E-state index contributed by atoms with van der Waals surface area (Å²) in [7, 11) is 4.22. The standard InChI is InChI=1S/C12H16O5/c1-7(13)11-9(12(14)17-4)5-8(15-2)6-10(11)16-3/h5-7,13H,1-4H3/t7-/m0/s1. The smallest absolute Gasteiger partial charge is 0.338 e. The SMILES string of the molecule is COC(=O)c1cc(OC)cc(OC)c1[C@H](C)O. The Bertz CT molecular complexity index is 412. The van der Waals surface area contributed by atoms with Crippen molar-refractivity contribution >= 4 is 5.97 Å². The number of hydrogen-bond acceptors (Lipinski definition) is 5. The third-order valence-corrected chi connectivity index (χ3v) is 2.39. The van der Waals surface area contributed by atoms with Crippen LogP contribution in [0.1, 0.15) is 28.9 Å². The molecule has 1 rings (SSSR count). The number of aliphatic hydroxyl groups is 1. The summed E-state index contributed by atoms with van der Waals surface area (Å²) in [5.41, 5.74) is 0.624. The lowest BCUT2D eigenvalue weighted by atomic mass is 10.0. The third-order valence-electron chi connectivity index (χ3n) is 2.39. The Hall–Kier alpha value is -1.75. The van der Waals surface area contributed by atoms with E-state index in [4.69, 9.17) is 9.47 Å². The van der Waals surface area contributed by atoms with Crippen molar-refractivity contribution in [1.82, 2.24) is 0 Å². The zero-order valence-corrected chi connectivity index (χ0v) is 10.3. The van der Waals surface area contributed by atoms with Crippen LogP contribution in [-0.2, 0) is 4.74 Å². The van der Waals surface area contributed by atoms with Gasteiger partial charge in [-0.3, -0.25) is 0 Å². The van der Waals surface area contributed by atoms with Crippen molar-refractivity contribution in [3.8, 4) is 11.5 Å². The van der Waals surface area contributed by atoms with E-state index in [1.165, 1.54) is 27.4 Å². The fourth-order valence-corrected chi connectivity index (χ4v) is 1.60. The van der Waals surface area contributed by atoms with Crippen LogP contribution in [0.4, 0.5) is 0 Å². The maximum Gasteiger partial charge on any atom is 0.338 e. The second-order valence-electron chi connectivity index (χ2n) is 3.46. The van der Waals surface area contributed by atoms with Gasteiger partial charge in [0.05, 0.1) is 33.0 Å². The normalized spacial score (nSPS) is 11.8. The molecule has 17 heavy (non-hydrogen) atoms. The summed E-state index contributed by atoms with van der Waals surface area (Å²) in [6.07, 6.45) is -0.843. The zero-order chi connectivity index (χ0) is 13.0. The van der Waals surface area contributed by atoms with E-state index in [2.05, 4.69) is 4.74 Å². The first-order valence-electron chi connectivity index (χ1n) is 5.07. The van der Waals surface area contributed by atoms with Gasteiger partial charge in [0.25, 0.3) is 0 Å². The van der Waals surface area contributed by atoms with Gasteiger partial charge in [-0.05, 0) is 13.0 Å². The molecule has 0 amide bonds. The van der Waals surface area contributed by atoms with Crippen molar-refractivity contribution in [2.24, 2.45) is 0 Å². The van der Waals surface area contributed by atoms with Crippen LogP contribution in [0.15, 0.2) is 12.1 Å². The summed E-state index contributed by atoms with van der Waals surface area (Å²) in [6, 6.07) is 3.12. The number of esters is 1. The molecule has 0 heterocycles. The van der Waals surface area contributed by atoms with Crippen molar-refractivity contribution in [2.75, 3.05) is 21.3 Å². The molecule has 1 aromatic carbocycles. The minimum atomic E-state index is -0.843. The Morgan fingerprint density at radius 2 is 1.88 bits per heavy atom. The molecular weight excluding hydrogens is 224 g/mol. The summed E-state index contributed by atoms with van der Waals surface area (Å²) < 4.78 is 14.9. The van der Waals surface area contributed by atoms with Crippen LogP contribution in [-0.4, -0.2) is 32.4 Å². The highest BCUT2D eigenvalue weighted by molar-refractivity contribution is 5.92. The molecule has 1 N–H and O–H groups in total. The van der Waals surface area contributed by atoms with Crippen molar-refractivity contribution in [2.45, 2.75) is 13.0 Å². The first-order chi connectivity index (χ1) is 8.04. The first kappa shape index (κ1) is 13.3. The topological polar surface area (TPSA) is 65.0 Å². The molecule has 0 aliphatic carbocycles. The molecule has 0 saturated carbocycles. The molecule has 1 atom stereocenters. The molecule has 0 unspecified atom stereocenters. The first-order valence-corrected chi connectivity index (χ1v) is 5.07. The zero-order valence-electron chi connectivity index (χ0n) is 10.3. The maximum atomic E-state index is 11.6. The molecule has 0 radical (unpaired) electrons. The number of methoxy groups -OCH3 is 3. The number of hydrogen-bond donors (Lipinski definition) is 1. The molecule has 5 nitrogen and oxygen atoms in total. The molecular formula is C12H16O5. The number of carbonyl (C=O) groups is 1. The predicted octanol–water partition coefficient (Wildman–Crippen LogP) is 1.54. The molecule has 0 bridgehead atoms. The summed E-state index contributed by atoms with van der Waals surface area (Å²) in [4.78, 5) is 11.6. The lowest BCUT2D eigenvalue weighted by Crippen LogP contribution is -2.10. The van der Waals surface area contributed by atoms with E-state index in [1.54, 1.807) is 13.0 Å². The Labute approximate surface area is 99.9 Å². The summed E-state index contributed by atoms with van der Waals surface area (Å²) in [5, 5.41) is 9.70. The molecule has 0 fully saturated rings. The molecule has 0 aliphatic heterocycles. The van der Waals surface area contributed by atoms with Gasteiger partial charge in [-0.1, -0.05) is 0 Å². The molecule has 0 aromatic heterocycles. The second-order valence-corrected chi connectivity index (χ2v) is 3.46. The average Bonchev–Trinajstić information content (AvgIpc) is 2.35. The van der Waals surface area contributed by atoms with E-state index in [-0.39, 0.29) is 5.56 Å². The van der Waals surface area contributed by atoms with Crippen LogP contribution in [0.5, 0.6) is 11.5 Å². The fourth-order valence-electron chi connectivity index (χ4n) is 1.60. The van der Waals surface area contributed by atoms with Gasteiger partial charge in [0.15, 0.2) is 0 Å². The minimum absolute atomic E-state index is 0.235. The number of ether oxygens (including phenoxy) is 3. The highest BCUT2D eigenvalue weighted by Gasteiger charge is 2.21. The predicted molar refractivity (Wildman–Crippen MR) is 61.5 cm³/mol. The summed E-state index contributed by atoms with van der Waals surface area (Å²) >= 11 is 0. The molecule has 1 aromatic rings. The van der Waals surface area contributed by atoms with Crippen LogP contribution >= 0.6 is 0 Å². The van der Waals surface area contributed by atoms with E-state index in [0.717, 1.165) is 0 Å². The summed E-state index contributed by atoms with van der Waals surface area (Å²) in [5.74, 6) is 0.310. The van der Waals surface area contributed by atoms with Gasteiger partial charge in [0, 0.05) is 11.6 Å². The van der Waals surface area contributed by atoms with Crippen molar-refractivity contribution < 1.29 is 24.1 Å². The van der Waals surface area contributed by atoms with Crippen LogP contribution in [0.3, 0.4) is 0 Å². The fraction of sp³-hybridized carbons (Fsp3) is 0.417. The van der Waals surface area contributed by atoms with E-state index >= 15 is 0 Å². The second kappa shape index (κ2) is 5.54. The molecule has 0 spiro atoms. The minimum Gasteiger partial charge on any atom is -0.497 e. The van der Waals surface area contributed by atoms with Crippen LogP contribution in [0, 0.1) is 0 Å². The van der Waals surface area contributed by atoms with Crippen molar-refractivity contribution in [3.05, 3.63) is 23.3 Å². The number of benzene rings is 1. The van der Waals surface area contributed by atoms with Crippen LogP contribution in [0.2, 0.25) is 0 Å². The Morgan fingerprint density at radius 1 is 1.24 bits per heavy atom. The third kappa shape index (κ3) is 2.68. The lowest BCUT2D eigenvalue weighted by Gasteiger charge is -2.16. The maximum absolute atomic E-state index is 11.6. The van der Waals surface area contributed by atoms with Crippen LogP contribution in [0.25, 0.3) is 0 Å². The molecule has 5 heteroatoms. The highest BCUT2D eigenvalue weighted by Crippen LogP contribution is 2.33. The Kier molecular flexibility index (Phi) is 4.34. The number of rotatable bonds is 4. The van der Waals surface area contributed by atoms with E-state index < -0.39 is 12.1 Å². The monoisotopic (exact) mass is 240 g/mol. The van der Waals surface area contributed by atoms with Crippen molar-refractivity contribution in [3.63, 3.8) is 0 Å². The van der Waals surface area contributed by atoms with Gasteiger partial charge < -0.3 is 19.3 Å². The molecule has 0 aliphatic rings. The lowest BCUT2D eigenvalue weighted by molar-refractivity contribution is 0.0592. The number of aliphatic hydroxyl groups excluding tert-OH is 1. The van der Waals surface area contributed by atoms with E-state index in [0.29, 0.717) is 17.1 Å². The largest absolute Gasteiger partial charge is 0.497 e. The number of carbonyl (C=O) groups excluding carboxylic acids is 1.